The van der Waals surface area contributed by atoms with Gasteiger partial charge in [-0.15, -0.1) is 0 Å². The van der Waals surface area contributed by atoms with Crippen molar-refractivity contribution < 1.29 is 22.7 Å². The number of esters is 1. The third kappa shape index (κ3) is 5.18. The number of hydrogen-bond acceptors (Lipinski definition) is 6. The van der Waals surface area contributed by atoms with Gasteiger partial charge in [0.05, 0.1) is 19.5 Å². The fourth-order valence-corrected chi connectivity index (χ4v) is 2.96. The van der Waals surface area contributed by atoms with Gasteiger partial charge in [0.25, 0.3) is 0 Å². The molecule has 0 aliphatic heterocycles. The van der Waals surface area contributed by atoms with E-state index >= 15 is 0 Å². The van der Waals surface area contributed by atoms with Crippen molar-refractivity contribution in [1.29, 1.82) is 0 Å². The lowest BCUT2D eigenvalue weighted by Crippen LogP contribution is -2.27. The predicted molar refractivity (Wildman–Crippen MR) is 75.2 cm³/mol. The van der Waals surface area contributed by atoms with Crippen LogP contribution < -0.4 is 10.5 Å². The summed E-state index contributed by atoms with van der Waals surface area (Å²) in [6, 6.07) is 6.10. The molecule has 20 heavy (non-hydrogen) atoms. The Morgan fingerprint density at radius 1 is 1.30 bits per heavy atom. The second-order valence-corrected chi connectivity index (χ2v) is 6.35. The first-order valence-corrected chi connectivity index (χ1v) is 7.95. The Bertz CT molecular complexity index is 538. The lowest BCUT2D eigenvalue weighted by atomic mass is 10.1. The van der Waals surface area contributed by atoms with Gasteiger partial charge in [-0.05, 0) is 24.6 Å². The average Bonchev–Trinajstić information content (AvgIpc) is 2.37. The van der Waals surface area contributed by atoms with Crippen molar-refractivity contribution in [3.05, 3.63) is 29.8 Å². The zero-order valence-electron chi connectivity index (χ0n) is 11.5. The third-order valence-corrected chi connectivity index (χ3v) is 4.16. The van der Waals surface area contributed by atoms with Gasteiger partial charge in [-0.1, -0.05) is 12.1 Å². The third-order valence-electron chi connectivity index (χ3n) is 2.62. The van der Waals surface area contributed by atoms with E-state index in [9.17, 15) is 13.2 Å². The van der Waals surface area contributed by atoms with Crippen molar-refractivity contribution in [2.75, 3.05) is 25.2 Å². The van der Waals surface area contributed by atoms with E-state index in [2.05, 4.69) is 4.74 Å². The van der Waals surface area contributed by atoms with Gasteiger partial charge in [-0.3, -0.25) is 4.79 Å². The first-order valence-electron chi connectivity index (χ1n) is 6.13. The Morgan fingerprint density at radius 2 is 1.90 bits per heavy atom. The molecule has 0 aromatic heterocycles. The summed E-state index contributed by atoms with van der Waals surface area (Å²) >= 11 is 0. The SMILES string of the molecule is CCOC(=O)CS(=O)(=O)CC(N)c1ccc(OC)cc1. The van der Waals surface area contributed by atoms with Crippen LogP contribution in [0.3, 0.4) is 0 Å². The molecule has 0 amide bonds. The topological polar surface area (TPSA) is 95.7 Å². The number of nitrogens with two attached hydrogens (primary N) is 1. The standard InChI is InChI=1S/C13H19NO5S/c1-3-19-13(15)9-20(16,17)8-12(14)10-4-6-11(18-2)7-5-10/h4-7,12H,3,8-9,14H2,1-2H3. The Balaban J connectivity index is 2.68. The number of benzene rings is 1. The van der Waals surface area contributed by atoms with Crippen molar-refractivity contribution in [3.63, 3.8) is 0 Å². The Morgan fingerprint density at radius 3 is 2.40 bits per heavy atom. The summed E-state index contributed by atoms with van der Waals surface area (Å²) in [5.41, 5.74) is 6.52. The minimum absolute atomic E-state index is 0.152. The molecule has 0 spiro atoms. The van der Waals surface area contributed by atoms with Crippen LogP contribution in [0.1, 0.15) is 18.5 Å². The number of rotatable bonds is 7. The Hall–Kier alpha value is -1.60. The molecule has 1 atom stereocenters. The van der Waals surface area contributed by atoms with E-state index < -0.39 is 27.6 Å². The van der Waals surface area contributed by atoms with E-state index in [-0.39, 0.29) is 12.4 Å². The first kappa shape index (κ1) is 16.5. The lowest BCUT2D eigenvalue weighted by molar-refractivity contribution is -0.139. The molecule has 0 saturated carbocycles. The maximum absolute atomic E-state index is 11.8. The molecule has 0 aliphatic carbocycles. The van der Waals surface area contributed by atoms with Crippen LogP contribution in [0.4, 0.5) is 0 Å². The van der Waals surface area contributed by atoms with Crippen LogP contribution in [0.15, 0.2) is 24.3 Å². The zero-order chi connectivity index (χ0) is 15.2. The van der Waals surface area contributed by atoms with Crippen molar-refractivity contribution in [2.45, 2.75) is 13.0 Å². The van der Waals surface area contributed by atoms with Gasteiger partial charge in [0.1, 0.15) is 11.5 Å². The van der Waals surface area contributed by atoms with Gasteiger partial charge in [-0.2, -0.15) is 0 Å². The highest BCUT2D eigenvalue weighted by atomic mass is 32.2. The molecule has 1 unspecified atom stereocenters. The fourth-order valence-electron chi connectivity index (χ4n) is 1.66. The van der Waals surface area contributed by atoms with Crippen molar-refractivity contribution in [3.8, 4) is 5.75 Å². The van der Waals surface area contributed by atoms with Gasteiger partial charge in [0.2, 0.25) is 0 Å². The fraction of sp³-hybridized carbons (Fsp3) is 0.462. The molecule has 7 heteroatoms. The van der Waals surface area contributed by atoms with Gasteiger partial charge < -0.3 is 15.2 Å². The van der Waals surface area contributed by atoms with Crippen LogP contribution in [-0.4, -0.2) is 39.6 Å². The van der Waals surface area contributed by atoms with Gasteiger partial charge >= 0.3 is 5.97 Å². The monoisotopic (exact) mass is 301 g/mol. The van der Waals surface area contributed by atoms with E-state index in [0.29, 0.717) is 11.3 Å². The van der Waals surface area contributed by atoms with E-state index in [1.165, 1.54) is 0 Å². The molecule has 1 aromatic rings. The molecule has 0 fully saturated rings. The summed E-state index contributed by atoms with van der Waals surface area (Å²) in [6.07, 6.45) is 0. The van der Waals surface area contributed by atoms with Gasteiger partial charge in [-0.25, -0.2) is 8.42 Å². The number of methoxy groups -OCH3 is 1. The maximum Gasteiger partial charge on any atom is 0.321 e. The van der Waals surface area contributed by atoms with E-state index in [4.69, 9.17) is 10.5 Å². The van der Waals surface area contributed by atoms with Gasteiger partial charge in [0, 0.05) is 6.04 Å². The highest BCUT2D eigenvalue weighted by Gasteiger charge is 2.22. The van der Waals surface area contributed by atoms with Crippen molar-refractivity contribution in [2.24, 2.45) is 5.73 Å². The number of carbonyl (C=O) groups excluding carboxylic acids is 1. The predicted octanol–water partition coefficient (Wildman–Crippen LogP) is 0.673. The van der Waals surface area contributed by atoms with Crippen molar-refractivity contribution in [1.82, 2.24) is 0 Å². The highest BCUT2D eigenvalue weighted by molar-refractivity contribution is 7.92. The van der Waals surface area contributed by atoms with Crippen LogP contribution >= 0.6 is 0 Å². The maximum atomic E-state index is 11.8. The molecule has 1 aromatic carbocycles. The van der Waals surface area contributed by atoms with Crippen LogP contribution in [0.2, 0.25) is 0 Å². The Kier molecular flexibility index (Phi) is 5.97. The number of sulfone groups is 1. The van der Waals surface area contributed by atoms with Crippen LogP contribution in [-0.2, 0) is 19.4 Å². The van der Waals surface area contributed by atoms with Crippen LogP contribution in [0.5, 0.6) is 5.75 Å². The summed E-state index contributed by atoms with van der Waals surface area (Å²) in [4.78, 5) is 11.2. The molecular formula is C13H19NO5S. The number of ether oxygens (including phenoxy) is 2. The second kappa shape index (κ2) is 7.25. The number of hydrogen-bond donors (Lipinski definition) is 1. The van der Waals surface area contributed by atoms with Crippen LogP contribution in [0, 0.1) is 0 Å². The summed E-state index contributed by atoms with van der Waals surface area (Å²) < 4.78 is 33.3. The molecule has 112 valence electrons. The lowest BCUT2D eigenvalue weighted by Gasteiger charge is -2.12. The average molecular weight is 301 g/mol. The van der Waals surface area contributed by atoms with Gasteiger partial charge in [0.15, 0.2) is 9.84 Å². The molecule has 0 heterocycles. The molecule has 0 saturated heterocycles. The molecule has 0 radical (unpaired) electrons. The van der Waals surface area contributed by atoms with E-state index in [0.717, 1.165) is 0 Å². The molecule has 0 aliphatic rings. The van der Waals surface area contributed by atoms with Crippen molar-refractivity contribution >= 4 is 15.8 Å². The first-order chi connectivity index (χ1) is 9.38. The second-order valence-electron chi connectivity index (χ2n) is 4.24. The summed E-state index contributed by atoms with van der Waals surface area (Å²) in [5, 5.41) is 0. The molecule has 2 N–H and O–H groups in total. The molecule has 0 bridgehead atoms. The Labute approximate surface area is 118 Å². The summed E-state index contributed by atoms with van der Waals surface area (Å²) in [5.74, 6) is -1.05. The minimum atomic E-state index is -3.60. The zero-order valence-corrected chi connectivity index (χ0v) is 12.4. The normalized spacial score (nSPS) is 12.8. The molecule has 1 rings (SSSR count). The quantitative estimate of drug-likeness (QED) is 0.744. The summed E-state index contributed by atoms with van der Waals surface area (Å²) in [6.45, 7) is 1.77. The summed E-state index contributed by atoms with van der Waals surface area (Å²) in [7, 11) is -2.06. The number of carbonyl (C=O) groups is 1. The largest absolute Gasteiger partial charge is 0.497 e. The smallest absolute Gasteiger partial charge is 0.321 e. The molecule has 6 nitrogen and oxygen atoms in total. The van der Waals surface area contributed by atoms with Crippen LogP contribution in [0.25, 0.3) is 0 Å². The van der Waals surface area contributed by atoms with E-state index in [1.54, 1.807) is 38.3 Å². The highest BCUT2D eigenvalue weighted by Crippen LogP contribution is 2.17. The minimum Gasteiger partial charge on any atom is -0.497 e. The van der Waals surface area contributed by atoms with E-state index in [1.807, 2.05) is 0 Å². The molecular weight excluding hydrogens is 282 g/mol.